The molecule has 2 heterocycles. The number of nitrogens with one attached hydrogen (secondary N) is 2. The number of carbonyl (C=O) groups excluding carboxylic acids is 1. The number of thiazole rings is 1. The number of amides is 1. The Morgan fingerprint density at radius 3 is 3.00 bits per heavy atom. The highest BCUT2D eigenvalue weighted by atomic mass is 32.1. The SMILES string of the molecule is COc1ccccc1-c1csc(NC(=O)c2nn[nH]n2)n1. The van der Waals surface area contributed by atoms with Gasteiger partial charge >= 0.3 is 0 Å². The van der Waals surface area contributed by atoms with Crippen LogP contribution in [0.1, 0.15) is 10.6 Å². The van der Waals surface area contributed by atoms with Crippen molar-refractivity contribution in [3.8, 4) is 17.0 Å². The highest BCUT2D eigenvalue weighted by Gasteiger charge is 2.14. The van der Waals surface area contributed by atoms with Crippen LogP contribution in [-0.4, -0.2) is 38.6 Å². The Balaban J connectivity index is 1.82. The molecular formula is C12H10N6O2S. The lowest BCUT2D eigenvalue weighted by atomic mass is 10.1. The van der Waals surface area contributed by atoms with Crippen LogP contribution in [0.3, 0.4) is 0 Å². The van der Waals surface area contributed by atoms with E-state index in [0.29, 0.717) is 5.13 Å². The highest BCUT2D eigenvalue weighted by molar-refractivity contribution is 7.14. The van der Waals surface area contributed by atoms with Gasteiger partial charge in [-0.2, -0.15) is 5.21 Å². The molecule has 2 aromatic heterocycles. The number of methoxy groups -OCH3 is 1. The fourth-order valence-corrected chi connectivity index (χ4v) is 2.43. The smallest absolute Gasteiger partial charge is 0.299 e. The lowest BCUT2D eigenvalue weighted by molar-refractivity contribution is 0.101. The van der Waals surface area contributed by atoms with Gasteiger partial charge in [-0.15, -0.1) is 21.5 Å². The van der Waals surface area contributed by atoms with Crippen molar-refractivity contribution >= 4 is 22.4 Å². The van der Waals surface area contributed by atoms with Gasteiger partial charge in [-0.3, -0.25) is 10.1 Å². The summed E-state index contributed by atoms with van der Waals surface area (Å²) < 4.78 is 5.29. The number of aromatic amines is 1. The lowest BCUT2D eigenvalue weighted by Crippen LogP contribution is -2.13. The van der Waals surface area contributed by atoms with Gasteiger partial charge in [0.15, 0.2) is 5.13 Å². The van der Waals surface area contributed by atoms with Crippen LogP contribution in [0.4, 0.5) is 5.13 Å². The van der Waals surface area contributed by atoms with Crippen molar-refractivity contribution in [2.24, 2.45) is 0 Å². The molecule has 0 unspecified atom stereocenters. The molecule has 21 heavy (non-hydrogen) atoms. The molecule has 0 aliphatic rings. The first-order chi connectivity index (χ1) is 10.3. The third-order valence-corrected chi connectivity index (χ3v) is 3.41. The minimum absolute atomic E-state index is 0.0379. The number of tetrazole rings is 1. The zero-order valence-corrected chi connectivity index (χ0v) is 11.7. The number of hydrogen-bond donors (Lipinski definition) is 2. The van der Waals surface area contributed by atoms with Gasteiger partial charge in [0.25, 0.3) is 11.7 Å². The van der Waals surface area contributed by atoms with E-state index < -0.39 is 5.91 Å². The number of anilines is 1. The largest absolute Gasteiger partial charge is 0.496 e. The van der Waals surface area contributed by atoms with E-state index in [2.05, 4.69) is 30.9 Å². The second-order valence-electron chi connectivity index (χ2n) is 3.93. The Labute approximate surface area is 123 Å². The third-order valence-electron chi connectivity index (χ3n) is 2.66. The summed E-state index contributed by atoms with van der Waals surface area (Å²) >= 11 is 1.30. The number of carbonyl (C=O) groups is 1. The Bertz CT molecular complexity index is 755. The maximum absolute atomic E-state index is 11.8. The summed E-state index contributed by atoms with van der Waals surface area (Å²) in [7, 11) is 1.60. The molecule has 0 aliphatic heterocycles. The van der Waals surface area contributed by atoms with Gasteiger partial charge in [0.05, 0.1) is 12.8 Å². The molecule has 1 aromatic carbocycles. The summed E-state index contributed by atoms with van der Waals surface area (Å²) in [6, 6.07) is 7.54. The summed E-state index contributed by atoms with van der Waals surface area (Å²) in [6.45, 7) is 0. The van der Waals surface area contributed by atoms with Crippen molar-refractivity contribution in [2.75, 3.05) is 12.4 Å². The molecule has 3 rings (SSSR count). The van der Waals surface area contributed by atoms with Gasteiger partial charge in [0, 0.05) is 10.9 Å². The van der Waals surface area contributed by atoms with E-state index in [-0.39, 0.29) is 5.82 Å². The first-order valence-corrected chi connectivity index (χ1v) is 6.79. The van der Waals surface area contributed by atoms with Crippen LogP contribution in [0.15, 0.2) is 29.6 Å². The van der Waals surface area contributed by atoms with Gasteiger partial charge in [0.2, 0.25) is 0 Å². The number of aromatic nitrogens is 5. The van der Waals surface area contributed by atoms with Crippen molar-refractivity contribution in [2.45, 2.75) is 0 Å². The van der Waals surface area contributed by atoms with Gasteiger partial charge in [-0.1, -0.05) is 12.1 Å². The Morgan fingerprint density at radius 1 is 1.38 bits per heavy atom. The van der Waals surface area contributed by atoms with E-state index in [1.165, 1.54) is 11.3 Å². The van der Waals surface area contributed by atoms with Crippen molar-refractivity contribution in [1.82, 2.24) is 25.6 Å². The number of rotatable bonds is 4. The molecule has 0 radical (unpaired) electrons. The summed E-state index contributed by atoms with van der Waals surface area (Å²) in [5.74, 6) is 0.215. The minimum atomic E-state index is -0.468. The number of nitrogens with zero attached hydrogens (tertiary/aromatic N) is 4. The second-order valence-corrected chi connectivity index (χ2v) is 4.79. The Morgan fingerprint density at radius 2 is 2.24 bits per heavy atom. The van der Waals surface area contributed by atoms with Crippen LogP contribution in [0.25, 0.3) is 11.3 Å². The predicted octanol–water partition coefficient (Wildman–Crippen LogP) is 1.58. The molecule has 0 spiro atoms. The van der Waals surface area contributed by atoms with E-state index >= 15 is 0 Å². The van der Waals surface area contributed by atoms with Crippen LogP contribution < -0.4 is 10.1 Å². The normalized spacial score (nSPS) is 10.3. The van der Waals surface area contributed by atoms with E-state index in [4.69, 9.17) is 4.74 Å². The lowest BCUT2D eigenvalue weighted by Gasteiger charge is -2.04. The second kappa shape index (κ2) is 5.67. The molecule has 106 valence electrons. The van der Waals surface area contributed by atoms with Crippen molar-refractivity contribution in [3.05, 3.63) is 35.5 Å². The first-order valence-electron chi connectivity index (χ1n) is 5.91. The van der Waals surface area contributed by atoms with Crippen molar-refractivity contribution in [1.29, 1.82) is 0 Å². The maximum Gasteiger partial charge on any atom is 0.299 e. The molecule has 3 aromatic rings. The van der Waals surface area contributed by atoms with Crippen LogP contribution in [0.5, 0.6) is 5.75 Å². The van der Waals surface area contributed by atoms with Gasteiger partial charge in [-0.05, 0) is 17.3 Å². The molecule has 0 saturated carbocycles. The van der Waals surface area contributed by atoms with E-state index in [0.717, 1.165) is 17.0 Å². The van der Waals surface area contributed by atoms with Crippen LogP contribution in [0.2, 0.25) is 0 Å². The number of H-pyrrole nitrogens is 1. The summed E-state index contributed by atoms with van der Waals surface area (Å²) in [5.41, 5.74) is 1.58. The number of para-hydroxylation sites is 1. The number of ether oxygens (including phenoxy) is 1. The number of benzene rings is 1. The van der Waals surface area contributed by atoms with Crippen LogP contribution in [-0.2, 0) is 0 Å². The van der Waals surface area contributed by atoms with Gasteiger partial charge < -0.3 is 4.74 Å². The number of hydrogen-bond acceptors (Lipinski definition) is 7. The summed E-state index contributed by atoms with van der Waals surface area (Å²) in [6.07, 6.45) is 0. The molecule has 0 bridgehead atoms. The molecule has 0 atom stereocenters. The van der Waals surface area contributed by atoms with Crippen LogP contribution >= 0.6 is 11.3 Å². The van der Waals surface area contributed by atoms with E-state index in [1.54, 1.807) is 7.11 Å². The molecule has 1 amide bonds. The maximum atomic E-state index is 11.8. The Kier molecular flexibility index (Phi) is 3.56. The van der Waals surface area contributed by atoms with Crippen LogP contribution in [0, 0.1) is 0 Å². The molecule has 0 aliphatic carbocycles. The molecule has 9 heteroatoms. The molecule has 2 N–H and O–H groups in total. The minimum Gasteiger partial charge on any atom is -0.496 e. The van der Waals surface area contributed by atoms with Gasteiger partial charge in [0.1, 0.15) is 5.75 Å². The summed E-state index contributed by atoms with van der Waals surface area (Å²) in [5, 5.41) is 17.7. The zero-order valence-electron chi connectivity index (χ0n) is 10.9. The first kappa shape index (κ1) is 13.2. The fraction of sp³-hybridized carbons (Fsp3) is 0.0833. The van der Waals surface area contributed by atoms with Gasteiger partial charge in [-0.25, -0.2) is 4.98 Å². The van der Waals surface area contributed by atoms with E-state index in [9.17, 15) is 4.79 Å². The molecular weight excluding hydrogens is 292 g/mol. The standard InChI is InChI=1S/C12H10N6O2S/c1-20-9-5-3-2-4-7(9)8-6-21-12(13-8)14-11(19)10-15-17-18-16-10/h2-6H,1H3,(H,13,14,19)(H,15,16,17,18). The summed E-state index contributed by atoms with van der Waals surface area (Å²) in [4.78, 5) is 16.1. The van der Waals surface area contributed by atoms with E-state index in [1.807, 2.05) is 29.6 Å². The average molecular weight is 302 g/mol. The topological polar surface area (TPSA) is 106 Å². The third kappa shape index (κ3) is 2.72. The average Bonchev–Trinajstić information content (AvgIpc) is 3.18. The monoisotopic (exact) mass is 302 g/mol. The molecule has 8 nitrogen and oxygen atoms in total. The van der Waals surface area contributed by atoms with Crippen molar-refractivity contribution < 1.29 is 9.53 Å². The quantitative estimate of drug-likeness (QED) is 0.758. The predicted molar refractivity (Wildman–Crippen MR) is 76.2 cm³/mol. The fourth-order valence-electron chi connectivity index (χ4n) is 1.72. The molecule has 0 saturated heterocycles. The van der Waals surface area contributed by atoms with Crippen molar-refractivity contribution in [3.63, 3.8) is 0 Å². The molecule has 0 fully saturated rings. The Hall–Kier alpha value is -2.81. The zero-order chi connectivity index (χ0) is 14.7. The highest BCUT2D eigenvalue weighted by Crippen LogP contribution is 2.31.